The molecule has 0 aliphatic rings. The van der Waals surface area contributed by atoms with Crippen molar-refractivity contribution in [1.29, 1.82) is 0 Å². The van der Waals surface area contributed by atoms with Gasteiger partial charge in [-0.25, -0.2) is 0 Å². The normalized spacial score (nSPS) is 11.5. The van der Waals surface area contributed by atoms with E-state index in [9.17, 15) is 19.7 Å². The van der Waals surface area contributed by atoms with Crippen molar-refractivity contribution in [2.75, 3.05) is 10.6 Å². The van der Waals surface area contributed by atoms with E-state index in [0.29, 0.717) is 22.0 Å². The molecule has 0 saturated carbocycles. The molecule has 0 spiro atoms. The molecule has 1 atom stereocenters. The van der Waals surface area contributed by atoms with Gasteiger partial charge in [-0.15, -0.1) is 11.8 Å². The number of nitrogens with one attached hydrogen (secondary N) is 2. The number of aryl methyl sites for hydroxylation is 1. The number of thioether (sulfide) groups is 1. The number of carbonyl (C=O) groups excluding carboxylic acids is 2. The Kier molecular flexibility index (Phi) is 8.08. The predicted octanol–water partition coefficient (Wildman–Crippen LogP) is 5.86. The van der Waals surface area contributed by atoms with Crippen molar-refractivity contribution in [2.24, 2.45) is 0 Å². The average molecular weight is 484 g/mol. The summed E-state index contributed by atoms with van der Waals surface area (Å²) in [6.45, 7) is 3.49. The van der Waals surface area contributed by atoms with E-state index in [1.165, 1.54) is 30.0 Å². The number of benzene rings is 3. The summed E-state index contributed by atoms with van der Waals surface area (Å²) in [6.07, 6.45) is 0.243. The SMILES string of the molecule is Cc1cc([N+](=O)[O-])ccc1NC(=O)C(C)Sc1ccc(NC(=O)Cc2ccc(Cl)cc2)cc1. The molecular formula is C24H22ClN3O4S. The van der Waals surface area contributed by atoms with E-state index in [1.54, 1.807) is 38.1 Å². The van der Waals surface area contributed by atoms with Crippen molar-refractivity contribution in [2.45, 2.75) is 30.4 Å². The quantitative estimate of drug-likeness (QED) is 0.237. The number of nitro groups is 1. The van der Waals surface area contributed by atoms with E-state index in [4.69, 9.17) is 11.6 Å². The van der Waals surface area contributed by atoms with Crippen molar-refractivity contribution in [3.05, 3.63) is 93.0 Å². The van der Waals surface area contributed by atoms with Crippen LogP contribution in [-0.4, -0.2) is 22.0 Å². The van der Waals surface area contributed by atoms with Gasteiger partial charge in [0.25, 0.3) is 5.69 Å². The number of anilines is 2. The Morgan fingerprint density at radius 3 is 2.30 bits per heavy atom. The monoisotopic (exact) mass is 483 g/mol. The van der Waals surface area contributed by atoms with E-state index < -0.39 is 10.2 Å². The zero-order valence-corrected chi connectivity index (χ0v) is 19.6. The molecular weight excluding hydrogens is 462 g/mol. The molecule has 3 rings (SSSR count). The molecule has 3 aromatic carbocycles. The summed E-state index contributed by atoms with van der Waals surface area (Å²) in [5.74, 6) is -0.346. The molecule has 0 aromatic heterocycles. The Bertz CT molecular complexity index is 1170. The summed E-state index contributed by atoms with van der Waals surface area (Å²) in [5, 5.41) is 16.8. The standard InChI is InChI=1S/C24H22ClN3O4S/c1-15-13-20(28(31)32)9-12-22(15)27-24(30)16(2)33-21-10-7-19(8-11-21)26-23(29)14-17-3-5-18(25)6-4-17/h3-13,16H,14H2,1-2H3,(H,26,29)(H,27,30). The summed E-state index contributed by atoms with van der Waals surface area (Å²) < 4.78 is 0. The summed E-state index contributed by atoms with van der Waals surface area (Å²) in [6, 6.07) is 18.7. The summed E-state index contributed by atoms with van der Waals surface area (Å²) in [5.41, 5.74) is 2.67. The van der Waals surface area contributed by atoms with Crippen molar-refractivity contribution >= 4 is 52.2 Å². The number of nitrogens with zero attached hydrogens (tertiary/aromatic N) is 1. The molecule has 33 heavy (non-hydrogen) atoms. The Hall–Kier alpha value is -3.36. The van der Waals surface area contributed by atoms with Crippen LogP contribution in [0.2, 0.25) is 5.02 Å². The van der Waals surface area contributed by atoms with Gasteiger partial charge in [0.2, 0.25) is 11.8 Å². The van der Waals surface area contributed by atoms with Crippen LogP contribution in [0.5, 0.6) is 0 Å². The first kappa shape index (κ1) is 24.3. The molecule has 2 amide bonds. The lowest BCUT2D eigenvalue weighted by molar-refractivity contribution is -0.384. The highest BCUT2D eigenvalue weighted by Gasteiger charge is 2.17. The van der Waals surface area contributed by atoms with Crippen LogP contribution in [0.25, 0.3) is 0 Å². The van der Waals surface area contributed by atoms with Crippen molar-refractivity contribution in [3.8, 4) is 0 Å². The lowest BCUT2D eigenvalue weighted by Gasteiger charge is -2.14. The highest BCUT2D eigenvalue weighted by molar-refractivity contribution is 8.00. The van der Waals surface area contributed by atoms with Gasteiger partial charge in [-0.05, 0) is 67.4 Å². The smallest absolute Gasteiger partial charge is 0.269 e. The van der Waals surface area contributed by atoms with Crippen LogP contribution in [0.1, 0.15) is 18.1 Å². The van der Waals surface area contributed by atoms with Crippen LogP contribution in [-0.2, 0) is 16.0 Å². The Morgan fingerprint density at radius 2 is 1.70 bits per heavy atom. The summed E-state index contributed by atoms with van der Waals surface area (Å²) in [4.78, 5) is 36.1. The Morgan fingerprint density at radius 1 is 1.03 bits per heavy atom. The lowest BCUT2D eigenvalue weighted by atomic mass is 10.1. The molecule has 0 aliphatic heterocycles. The Balaban J connectivity index is 1.53. The van der Waals surface area contributed by atoms with Gasteiger partial charge in [0.1, 0.15) is 0 Å². The summed E-state index contributed by atoms with van der Waals surface area (Å²) in [7, 11) is 0. The molecule has 0 heterocycles. The lowest BCUT2D eigenvalue weighted by Crippen LogP contribution is -2.22. The van der Waals surface area contributed by atoms with Gasteiger partial charge < -0.3 is 10.6 Å². The Labute approximate surface area is 200 Å². The van der Waals surface area contributed by atoms with Crippen LogP contribution < -0.4 is 10.6 Å². The molecule has 0 saturated heterocycles. The van der Waals surface area contributed by atoms with Gasteiger partial charge in [0, 0.05) is 33.4 Å². The molecule has 0 fully saturated rings. The molecule has 7 nitrogen and oxygen atoms in total. The second-order valence-corrected chi connectivity index (χ2v) is 9.23. The predicted molar refractivity (Wildman–Crippen MR) is 132 cm³/mol. The van der Waals surface area contributed by atoms with E-state index in [1.807, 2.05) is 24.3 Å². The number of carbonyl (C=O) groups is 2. The fourth-order valence-corrected chi connectivity index (χ4v) is 4.00. The molecule has 9 heteroatoms. The highest BCUT2D eigenvalue weighted by Crippen LogP contribution is 2.27. The maximum Gasteiger partial charge on any atom is 0.269 e. The average Bonchev–Trinajstić information content (AvgIpc) is 2.77. The minimum Gasteiger partial charge on any atom is -0.326 e. The molecule has 0 aliphatic carbocycles. The van der Waals surface area contributed by atoms with Crippen LogP contribution in [0, 0.1) is 17.0 Å². The van der Waals surface area contributed by atoms with Crippen LogP contribution in [0.4, 0.5) is 17.1 Å². The summed E-state index contributed by atoms with van der Waals surface area (Å²) >= 11 is 7.23. The molecule has 1 unspecified atom stereocenters. The second-order valence-electron chi connectivity index (χ2n) is 7.38. The third kappa shape index (κ3) is 7.06. The number of amides is 2. The number of halogens is 1. The van der Waals surface area contributed by atoms with Gasteiger partial charge in [0.05, 0.1) is 16.6 Å². The van der Waals surface area contributed by atoms with Crippen LogP contribution >= 0.6 is 23.4 Å². The highest BCUT2D eigenvalue weighted by atomic mass is 35.5. The third-order valence-electron chi connectivity index (χ3n) is 4.78. The minimum absolute atomic E-state index is 0.0201. The zero-order valence-electron chi connectivity index (χ0n) is 18.0. The second kappa shape index (κ2) is 11.0. The van der Waals surface area contributed by atoms with Gasteiger partial charge in [-0.1, -0.05) is 23.7 Å². The molecule has 2 N–H and O–H groups in total. The van der Waals surface area contributed by atoms with E-state index in [-0.39, 0.29) is 23.9 Å². The molecule has 0 bridgehead atoms. The maximum absolute atomic E-state index is 12.6. The van der Waals surface area contributed by atoms with Crippen molar-refractivity contribution in [3.63, 3.8) is 0 Å². The van der Waals surface area contributed by atoms with E-state index in [2.05, 4.69) is 10.6 Å². The number of rotatable bonds is 8. The number of hydrogen-bond acceptors (Lipinski definition) is 5. The maximum atomic E-state index is 12.6. The van der Waals surface area contributed by atoms with E-state index in [0.717, 1.165) is 10.5 Å². The van der Waals surface area contributed by atoms with E-state index >= 15 is 0 Å². The fourth-order valence-electron chi connectivity index (χ4n) is 3.00. The molecule has 0 radical (unpaired) electrons. The molecule has 170 valence electrons. The molecule has 3 aromatic rings. The topological polar surface area (TPSA) is 101 Å². The third-order valence-corrected chi connectivity index (χ3v) is 6.14. The van der Waals surface area contributed by atoms with Gasteiger partial charge in [-0.3, -0.25) is 19.7 Å². The van der Waals surface area contributed by atoms with Crippen molar-refractivity contribution in [1.82, 2.24) is 0 Å². The number of non-ortho nitro benzene ring substituents is 1. The fraction of sp³-hybridized carbons (Fsp3) is 0.167. The zero-order chi connectivity index (χ0) is 24.0. The first-order valence-corrected chi connectivity index (χ1v) is 11.3. The van der Waals surface area contributed by atoms with Gasteiger partial charge in [-0.2, -0.15) is 0 Å². The van der Waals surface area contributed by atoms with Crippen molar-refractivity contribution < 1.29 is 14.5 Å². The van der Waals surface area contributed by atoms with Crippen LogP contribution in [0.3, 0.4) is 0 Å². The minimum atomic E-state index is -0.471. The first-order valence-electron chi connectivity index (χ1n) is 10.1. The number of hydrogen-bond donors (Lipinski definition) is 2. The first-order chi connectivity index (χ1) is 15.7. The van der Waals surface area contributed by atoms with Gasteiger partial charge in [0.15, 0.2) is 0 Å². The largest absolute Gasteiger partial charge is 0.326 e. The number of nitro benzene ring substituents is 1. The van der Waals surface area contributed by atoms with Gasteiger partial charge >= 0.3 is 0 Å². The van der Waals surface area contributed by atoms with Crippen LogP contribution in [0.15, 0.2) is 71.6 Å².